The molecule has 0 saturated carbocycles. The fraction of sp³-hybridized carbons (Fsp3) is 0.389. The summed E-state index contributed by atoms with van der Waals surface area (Å²) in [6.45, 7) is 7.29. The van der Waals surface area contributed by atoms with Gasteiger partial charge in [0, 0.05) is 18.8 Å². The summed E-state index contributed by atoms with van der Waals surface area (Å²) in [6.07, 6.45) is 0.936. The molecule has 0 N–H and O–H groups in total. The first-order valence-corrected chi connectivity index (χ1v) is 8.75. The summed E-state index contributed by atoms with van der Waals surface area (Å²) in [4.78, 5) is 23.4. The first kappa shape index (κ1) is 16.0. The first-order chi connectivity index (χ1) is 11.0. The van der Waals surface area contributed by atoms with Crippen LogP contribution in [-0.4, -0.2) is 32.6 Å². The number of rotatable bonds is 3. The van der Waals surface area contributed by atoms with Gasteiger partial charge >= 0.3 is 0 Å². The maximum absolute atomic E-state index is 12.7. The monoisotopic (exact) mass is 327 g/mol. The highest BCUT2D eigenvalue weighted by atomic mass is 32.2. The zero-order valence-corrected chi connectivity index (χ0v) is 14.6. The number of aryl methyl sites for hydroxylation is 2. The predicted molar refractivity (Wildman–Crippen MR) is 92.4 cm³/mol. The molecule has 0 aliphatic carbocycles. The maximum Gasteiger partial charge on any atom is 0.236 e. The van der Waals surface area contributed by atoms with Gasteiger partial charge < -0.3 is 4.90 Å². The Morgan fingerprint density at radius 1 is 1.22 bits per heavy atom. The van der Waals surface area contributed by atoms with Crippen molar-refractivity contribution in [2.75, 3.05) is 6.54 Å². The molecule has 3 rings (SSSR count). The number of nitrogens with zero attached hydrogens (tertiary/aromatic N) is 3. The lowest BCUT2D eigenvalue weighted by Gasteiger charge is -2.30. The van der Waals surface area contributed by atoms with Gasteiger partial charge in [-0.2, -0.15) is 0 Å². The molecule has 1 aliphatic rings. The van der Waals surface area contributed by atoms with E-state index in [4.69, 9.17) is 0 Å². The van der Waals surface area contributed by atoms with Crippen LogP contribution in [-0.2, 0) is 17.8 Å². The third-order valence-electron chi connectivity index (χ3n) is 4.03. The molecular formula is C18H21N3OS. The average Bonchev–Trinajstić information content (AvgIpc) is 2.52. The summed E-state index contributed by atoms with van der Waals surface area (Å²) < 4.78 is 0. The van der Waals surface area contributed by atoms with E-state index in [0.29, 0.717) is 6.54 Å². The summed E-state index contributed by atoms with van der Waals surface area (Å²) in [5, 5.41) is 0.724. The van der Waals surface area contributed by atoms with Crippen LogP contribution in [0.15, 0.2) is 35.4 Å². The van der Waals surface area contributed by atoms with Gasteiger partial charge in [-0.1, -0.05) is 36.0 Å². The molecule has 23 heavy (non-hydrogen) atoms. The van der Waals surface area contributed by atoms with Gasteiger partial charge in [0.1, 0.15) is 10.9 Å². The Bertz CT molecular complexity index is 712. The van der Waals surface area contributed by atoms with E-state index in [2.05, 4.69) is 28.2 Å². The van der Waals surface area contributed by atoms with Gasteiger partial charge in [-0.25, -0.2) is 9.97 Å². The van der Waals surface area contributed by atoms with Crippen LogP contribution in [0.5, 0.6) is 0 Å². The second-order valence-electron chi connectivity index (χ2n) is 5.93. The Labute approximate surface area is 141 Å². The molecule has 2 aromatic rings. The van der Waals surface area contributed by atoms with Gasteiger partial charge in [-0.3, -0.25) is 4.79 Å². The number of hydrogen-bond donors (Lipinski definition) is 0. The number of aromatic nitrogens is 2. The highest BCUT2D eigenvalue weighted by Gasteiger charge is 2.25. The quantitative estimate of drug-likeness (QED) is 0.642. The van der Waals surface area contributed by atoms with E-state index in [-0.39, 0.29) is 11.2 Å². The molecule has 5 heteroatoms. The van der Waals surface area contributed by atoms with Gasteiger partial charge in [-0.05, 0) is 44.4 Å². The van der Waals surface area contributed by atoms with Crippen LogP contribution in [0.2, 0.25) is 0 Å². The van der Waals surface area contributed by atoms with Gasteiger partial charge in [0.25, 0.3) is 0 Å². The number of amides is 1. The van der Waals surface area contributed by atoms with E-state index in [9.17, 15) is 4.79 Å². The minimum atomic E-state index is -0.144. The first-order valence-electron chi connectivity index (χ1n) is 7.87. The van der Waals surface area contributed by atoms with Crippen LogP contribution in [0, 0.1) is 13.8 Å². The largest absolute Gasteiger partial charge is 0.337 e. The Kier molecular flexibility index (Phi) is 4.66. The summed E-state index contributed by atoms with van der Waals surface area (Å²) >= 11 is 1.51. The summed E-state index contributed by atoms with van der Waals surface area (Å²) in [5.74, 6) is 0.928. The highest BCUT2D eigenvalue weighted by Crippen LogP contribution is 2.26. The van der Waals surface area contributed by atoms with Crippen molar-refractivity contribution in [2.45, 2.75) is 44.0 Å². The smallest absolute Gasteiger partial charge is 0.236 e. The zero-order valence-electron chi connectivity index (χ0n) is 13.7. The Balaban J connectivity index is 1.68. The zero-order chi connectivity index (χ0) is 16.4. The highest BCUT2D eigenvalue weighted by molar-refractivity contribution is 8.00. The van der Waals surface area contributed by atoms with Crippen molar-refractivity contribution in [1.29, 1.82) is 0 Å². The van der Waals surface area contributed by atoms with E-state index >= 15 is 0 Å². The lowest BCUT2D eigenvalue weighted by Crippen LogP contribution is -2.40. The van der Waals surface area contributed by atoms with Crippen molar-refractivity contribution in [2.24, 2.45) is 0 Å². The van der Waals surface area contributed by atoms with E-state index in [1.807, 2.05) is 37.8 Å². The van der Waals surface area contributed by atoms with Crippen LogP contribution in [0.1, 0.15) is 29.6 Å². The number of hydrogen-bond acceptors (Lipinski definition) is 4. The number of carbonyl (C=O) groups excluding carboxylic acids is 1. The molecule has 0 fully saturated rings. The number of carbonyl (C=O) groups is 1. The average molecular weight is 327 g/mol. The fourth-order valence-corrected chi connectivity index (χ4v) is 3.95. The Morgan fingerprint density at radius 3 is 2.70 bits per heavy atom. The number of benzene rings is 1. The lowest BCUT2D eigenvalue weighted by molar-refractivity contribution is -0.131. The third-order valence-corrected chi connectivity index (χ3v) is 5.04. The minimum absolute atomic E-state index is 0.144. The summed E-state index contributed by atoms with van der Waals surface area (Å²) in [5.41, 5.74) is 3.56. The molecular weight excluding hydrogens is 306 g/mol. The van der Waals surface area contributed by atoms with E-state index < -0.39 is 0 Å². The van der Waals surface area contributed by atoms with Gasteiger partial charge in [-0.15, -0.1) is 0 Å². The topological polar surface area (TPSA) is 46.1 Å². The number of fused-ring (bicyclic) bond motifs is 1. The molecule has 1 aromatic carbocycles. The van der Waals surface area contributed by atoms with Crippen LogP contribution < -0.4 is 0 Å². The van der Waals surface area contributed by atoms with E-state index in [1.165, 1.54) is 22.9 Å². The van der Waals surface area contributed by atoms with Crippen LogP contribution in [0.4, 0.5) is 0 Å². The molecule has 0 saturated heterocycles. The van der Waals surface area contributed by atoms with Crippen molar-refractivity contribution in [3.63, 3.8) is 0 Å². The molecule has 1 aliphatic heterocycles. The van der Waals surface area contributed by atoms with Crippen molar-refractivity contribution in [3.05, 3.63) is 53.0 Å². The molecule has 1 unspecified atom stereocenters. The normalized spacial score (nSPS) is 15.2. The Morgan fingerprint density at radius 2 is 1.96 bits per heavy atom. The second kappa shape index (κ2) is 6.71. The van der Waals surface area contributed by atoms with Crippen LogP contribution in [0.25, 0.3) is 0 Å². The lowest BCUT2D eigenvalue weighted by atomic mass is 10.00. The third kappa shape index (κ3) is 3.72. The number of thioether (sulfide) groups is 1. The van der Waals surface area contributed by atoms with Gasteiger partial charge in [0.15, 0.2) is 0 Å². The van der Waals surface area contributed by atoms with Crippen molar-refractivity contribution in [3.8, 4) is 0 Å². The van der Waals surface area contributed by atoms with Gasteiger partial charge in [0.2, 0.25) is 5.91 Å². The maximum atomic E-state index is 12.7. The van der Waals surface area contributed by atoms with Crippen molar-refractivity contribution >= 4 is 17.7 Å². The summed E-state index contributed by atoms with van der Waals surface area (Å²) in [6, 6.07) is 10.3. The molecule has 0 spiro atoms. The molecule has 120 valence electrons. The van der Waals surface area contributed by atoms with E-state index in [1.54, 1.807) is 0 Å². The molecule has 0 radical (unpaired) electrons. The predicted octanol–water partition coefficient (Wildman–Crippen LogP) is 3.16. The van der Waals surface area contributed by atoms with Gasteiger partial charge in [0.05, 0.1) is 5.25 Å². The Hall–Kier alpha value is -1.88. The molecule has 1 amide bonds. The van der Waals surface area contributed by atoms with Crippen LogP contribution in [0.3, 0.4) is 0 Å². The molecule has 2 heterocycles. The van der Waals surface area contributed by atoms with Crippen molar-refractivity contribution < 1.29 is 4.79 Å². The van der Waals surface area contributed by atoms with Crippen molar-refractivity contribution in [1.82, 2.24) is 14.9 Å². The van der Waals surface area contributed by atoms with Crippen LogP contribution >= 0.6 is 11.8 Å². The molecule has 0 bridgehead atoms. The second-order valence-corrected chi connectivity index (χ2v) is 7.29. The summed E-state index contributed by atoms with van der Waals surface area (Å²) in [7, 11) is 0. The SMILES string of the molecule is Cc1cc(SC(C)C(=O)N2CCc3ccccc3C2)nc(C)n1. The molecule has 4 nitrogen and oxygen atoms in total. The fourth-order valence-electron chi connectivity index (χ4n) is 2.92. The standard InChI is InChI=1S/C18H21N3OS/c1-12-10-17(20-14(3)19-12)23-13(2)18(22)21-9-8-15-6-4-5-7-16(15)11-21/h4-7,10,13H,8-9,11H2,1-3H3. The molecule has 1 aromatic heterocycles. The minimum Gasteiger partial charge on any atom is -0.337 e. The van der Waals surface area contributed by atoms with E-state index in [0.717, 1.165) is 29.5 Å². The molecule has 1 atom stereocenters.